The molecule has 0 aliphatic carbocycles. The summed E-state index contributed by atoms with van der Waals surface area (Å²) in [5, 5.41) is 2.99. The lowest BCUT2D eigenvalue weighted by molar-refractivity contribution is -0.116. The number of carbonyl (C=O) groups is 1. The SMILES string of the molecule is COc1ccc(OC)c(NC(=O)[C@@H](C)N(c2cc(Cl)ccc2OC)S(C)(=O)=O)c1. The Morgan fingerprint density at radius 3 is 2.21 bits per heavy atom. The van der Waals surface area contributed by atoms with Gasteiger partial charge in [-0.3, -0.25) is 9.10 Å². The van der Waals surface area contributed by atoms with Crippen LogP contribution >= 0.6 is 11.6 Å². The molecule has 0 unspecified atom stereocenters. The van der Waals surface area contributed by atoms with Crippen molar-refractivity contribution >= 4 is 38.9 Å². The molecular weight excluding hydrogens is 420 g/mol. The largest absolute Gasteiger partial charge is 0.497 e. The molecule has 0 aliphatic heterocycles. The van der Waals surface area contributed by atoms with E-state index in [1.165, 1.54) is 40.4 Å². The van der Waals surface area contributed by atoms with Gasteiger partial charge in [-0.1, -0.05) is 11.6 Å². The summed E-state index contributed by atoms with van der Waals surface area (Å²) in [5.74, 6) is 0.588. The zero-order chi connectivity index (χ0) is 21.8. The minimum Gasteiger partial charge on any atom is -0.497 e. The fraction of sp³-hybridized carbons (Fsp3) is 0.316. The van der Waals surface area contributed by atoms with Crippen LogP contribution in [0.4, 0.5) is 11.4 Å². The number of rotatable bonds is 8. The summed E-state index contributed by atoms with van der Waals surface area (Å²) >= 11 is 6.05. The average molecular weight is 443 g/mol. The Hall–Kier alpha value is -2.65. The van der Waals surface area contributed by atoms with E-state index in [1.54, 1.807) is 24.3 Å². The highest BCUT2D eigenvalue weighted by Gasteiger charge is 2.32. The standard InChI is InChI=1S/C19H23ClN2O6S/c1-12(19(23)21-15-11-14(26-2)7-9-17(15)27-3)22(29(5,24)25)16-10-13(20)6-8-18(16)28-4/h6-12H,1-5H3,(H,21,23)/t12-/m1/s1. The predicted molar refractivity (Wildman–Crippen MR) is 113 cm³/mol. The van der Waals surface area contributed by atoms with Crippen molar-refractivity contribution in [2.45, 2.75) is 13.0 Å². The van der Waals surface area contributed by atoms with Crippen molar-refractivity contribution in [2.24, 2.45) is 0 Å². The molecule has 1 amide bonds. The van der Waals surface area contributed by atoms with Gasteiger partial charge in [0.25, 0.3) is 0 Å². The minimum absolute atomic E-state index is 0.155. The fourth-order valence-corrected chi connectivity index (χ4v) is 4.10. The molecule has 0 saturated carbocycles. The highest BCUT2D eigenvalue weighted by Crippen LogP contribution is 2.35. The first-order chi connectivity index (χ1) is 13.6. The van der Waals surface area contributed by atoms with E-state index in [4.69, 9.17) is 25.8 Å². The van der Waals surface area contributed by atoms with Crippen LogP contribution in [0, 0.1) is 0 Å². The van der Waals surface area contributed by atoms with E-state index in [0.29, 0.717) is 22.2 Å². The maximum absolute atomic E-state index is 12.9. The Kier molecular flexibility index (Phi) is 7.21. The monoisotopic (exact) mass is 442 g/mol. The van der Waals surface area contributed by atoms with Crippen LogP contribution in [0.2, 0.25) is 5.02 Å². The number of anilines is 2. The summed E-state index contributed by atoms with van der Waals surface area (Å²) < 4.78 is 41.7. The smallest absolute Gasteiger partial charge is 0.248 e. The number of benzene rings is 2. The van der Waals surface area contributed by atoms with Crippen LogP contribution in [0.5, 0.6) is 17.2 Å². The van der Waals surface area contributed by atoms with Gasteiger partial charge in [-0.2, -0.15) is 0 Å². The van der Waals surface area contributed by atoms with Crippen molar-refractivity contribution in [2.75, 3.05) is 37.2 Å². The first kappa shape index (κ1) is 22.6. The van der Waals surface area contributed by atoms with Crippen LogP contribution in [-0.2, 0) is 14.8 Å². The first-order valence-corrected chi connectivity index (χ1v) is 10.7. The van der Waals surface area contributed by atoms with Gasteiger partial charge in [0.1, 0.15) is 23.3 Å². The molecule has 0 saturated heterocycles. The summed E-state index contributed by atoms with van der Waals surface area (Å²) in [7, 11) is 0.499. The van der Waals surface area contributed by atoms with Gasteiger partial charge in [-0.25, -0.2) is 8.42 Å². The molecule has 0 radical (unpaired) electrons. The van der Waals surface area contributed by atoms with Crippen LogP contribution in [0.1, 0.15) is 6.92 Å². The quantitative estimate of drug-likeness (QED) is 0.674. The van der Waals surface area contributed by atoms with Crippen LogP contribution in [0.25, 0.3) is 0 Å². The third-order valence-corrected chi connectivity index (χ3v) is 5.59. The van der Waals surface area contributed by atoms with Crippen molar-refractivity contribution in [1.82, 2.24) is 0 Å². The van der Waals surface area contributed by atoms with Crippen molar-refractivity contribution in [1.29, 1.82) is 0 Å². The number of amides is 1. The number of sulfonamides is 1. The number of hydrogen-bond acceptors (Lipinski definition) is 6. The summed E-state index contributed by atoms with van der Waals surface area (Å²) in [6, 6.07) is 8.30. The topological polar surface area (TPSA) is 94.2 Å². The number of methoxy groups -OCH3 is 3. The average Bonchev–Trinajstić information content (AvgIpc) is 2.67. The molecule has 0 bridgehead atoms. The Morgan fingerprint density at radius 2 is 1.66 bits per heavy atom. The molecule has 158 valence electrons. The van der Waals surface area contributed by atoms with Gasteiger partial charge in [-0.05, 0) is 37.3 Å². The Bertz CT molecular complexity index is 996. The Labute approximate surface area is 175 Å². The highest BCUT2D eigenvalue weighted by molar-refractivity contribution is 7.92. The molecule has 0 spiro atoms. The number of carbonyl (C=O) groups excluding carboxylic acids is 1. The molecule has 1 N–H and O–H groups in total. The number of nitrogens with one attached hydrogen (secondary N) is 1. The zero-order valence-electron chi connectivity index (χ0n) is 16.7. The van der Waals surface area contributed by atoms with E-state index in [1.807, 2.05) is 0 Å². The fourth-order valence-electron chi connectivity index (χ4n) is 2.77. The van der Waals surface area contributed by atoms with Gasteiger partial charge in [-0.15, -0.1) is 0 Å². The first-order valence-electron chi connectivity index (χ1n) is 8.48. The summed E-state index contributed by atoms with van der Waals surface area (Å²) in [6.45, 7) is 1.46. The molecule has 0 aliphatic rings. The summed E-state index contributed by atoms with van der Waals surface area (Å²) in [4.78, 5) is 12.9. The molecule has 0 fully saturated rings. The van der Waals surface area contributed by atoms with Gasteiger partial charge in [0.15, 0.2) is 0 Å². The van der Waals surface area contributed by atoms with Crippen molar-refractivity contribution in [3.05, 3.63) is 41.4 Å². The number of halogens is 1. The minimum atomic E-state index is -3.85. The van der Waals surface area contributed by atoms with E-state index >= 15 is 0 Å². The van der Waals surface area contributed by atoms with Crippen molar-refractivity contribution in [3.63, 3.8) is 0 Å². The molecule has 29 heavy (non-hydrogen) atoms. The second kappa shape index (κ2) is 9.23. The van der Waals surface area contributed by atoms with E-state index < -0.39 is 22.0 Å². The van der Waals surface area contributed by atoms with Crippen molar-refractivity contribution < 1.29 is 27.4 Å². The molecule has 0 heterocycles. The molecule has 1 atom stereocenters. The van der Waals surface area contributed by atoms with Gasteiger partial charge in [0, 0.05) is 11.1 Å². The van der Waals surface area contributed by atoms with Crippen LogP contribution in [0.3, 0.4) is 0 Å². The molecule has 2 aromatic carbocycles. The molecule has 10 heteroatoms. The Balaban J connectivity index is 2.45. The lowest BCUT2D eigenvalue weighted by Gasteiger charge is -2.29. The molecule has 0 aromatic heterocycles. The van der Waals surface area contributed by atoms with E-state index in [-0.39, 0.29) is 11.4 Å². The third kappa shape index (κ3) is 5.24. The molecule has 2 aromatic rings. The predicted octanol–water partition coefficient (Wildman–Crippen LogP) is 3.16. The number of nitrogens with zero attached hydrogens (tertiary/aromatic N) is 1. The van der Waals surface area contributed by atoms with Crippen LogP contribution in [-0.4, -0.2) is 48.0 Å². The lowest BCUT2D eigenvalue weighted by Crippen LogP contribution is -2.45. The van der Waals surface area contributed by atoms with Crippen LogP contribution < -0.4 is 23.8 Å². The van der Waals surface area contributed by atoms with E-state index in [0.717, 1.165) is 10.6 Å². The second-order valence-corrected chi connectivity index (χ2v) is 8.40. The number of hydrogen-bond donors (Lipinski definition) is 1. The van der Waals surface area contributed by atoms with Gasteiger partial charge < -0.3 is 19.5 Å². The zero-order valence-corrected chi connectivity index (χ0v) is 18.3. The van der Waals surface area contributed by atoms with E-state index in [9.17, 15) is 13.2 Å². The molecule has 2 rings (SSSR count). The van der Waals surface area contributed by atoms with Gasteiger partial charge in [0.2, 0.25) is 15.9 Å². The second-order valence-electron chi connectivity index (χ2n) is 6.11. The van der Waals surface area contributed by atoms with Crippen molar-refractivity contribution in [3.8, 4) is 17.2 Å². The van der Waals surface area contributed by atoms with E-state index in [2.05, 4.69) is 5.32 Å². The normalized spacial score (nSPS) is 12.1. The van der Waals surface area contributed by atoms with Gasteiger partial charge >= 0.3 is 0 Å². The Morgan fingerprint density at radius 1 is 1.03 bits per heavy atom. The maximum Gasteiger partial charge on any atom is 0.248 e. The number of ether oxygens (including phenoxy) is 3. The molecule has 8 nitrogen and oxygen atoms in total. The summed E-state index contributed by atoms with van der Waals surface area (Å²) in [6.07, 6.45) is 1.00. The summed E-state index contributed by atoms with van der Waals surface area (Å²) in [5.41, 5.74) is 0.498. The highest BCUT2D eigenvalue weighted by atomic mass is 35.5. The van der Waals surface area contributed by atoms with Gasteiger partial charge in [0.05, 0.1) is 39.0 Å². The lowest BCUT2D eigenvalue weighted by atomic mass is 10.2. The maximum atomic E-state index is 12.9. The third-order valence-electron chi connectivity index (χ3n) is 4.13. The molecular formula is C19H23ClN2O6S. The van der Waals surface area contributed by atoms with Crippen LogP contribution in [0.15, 0.2) is 36.4 Å².